The quantitative estimate of drug-likeness (QED) is 0.296. The van der Waals surface area contributed by atoms with Crippen LogP contribution in [0.2, 0.25) is 0 Å². The number of hydrogen-bond donors (Lipinski definition) is 0. The summed E-state index contributed by atoms with van der Waals surface area (Å²) in [4.78, 5) is 10.2. The number of morpholine rings is 1. The molecule has 0 amide bonds. The fourth-order valence-electron chi connectivity index (χ4n) is 5.69. The zero-order chi connectivity index (χ0) is 27.3. The van der Waals surface area contributed by atoms with E-state index in [1.165, 1.54) is 117 Å². The van der Waals surface area contributed by atoms with E-state index in [1.54, 1.807) is 0 Å². The van der Waals surface area contributed by atoms with E-state index < -0.39 is 0 Å². The summed E-state index contributed by atoms with van der Waals surface area (Å²) in [5.74, 6) is 2.76. The molecule has 0 aromatic rings. The van der Waals surface area contributed by atoms with Crippen LogP contribution >= 0.6 is 0 Å². The van der Waals surface area contributed by atoms with Gasteiger partial charge in [0.05, 0.1) is 13.2 Å². The Hall–Kier alpha value is -0.200. The maximum Gasteiger partial charge on any atom is 0.0594 e. The molecule has 222 valence electrons. The number of hydrogen-bond acceptors (Lipinski definition) is 5. The molecule has 0 atom stereocenters. The van der Waals surface area contributed by atoms with Crippen molar-refractivity contribution >= 4 is 0 Å². The van der Waals surface area contributed by atoms with E-state index in [1.807, 2.05) is 0 Å². The smallest absolute Gasteiger partial charge is 0.0594 e. The molecule has 37 heavy (non-hydrogen) atoms. The van der Waals surface area contributed by atoms with E-state index >= 15 is 0 Å². The minimum atomic E-state index is 0.892. The molecule has 3 fully saturated rings. The Morgan fingerprint density at radius 2 is 0.811 bits per heavy atom. The van der Waals surface area contributed by atoms with Crippen LogP contribution < -0.4 is 0 Å². The predicted octanol–water partition coefficient (Wildman–Crippen LogP) is 6.33. The summed E-state index contributed by atoms with van der Waals surface area (Å²) in [6, 6.07) is 0. The minimum Gasteiger partial charge on any atom is -0.379 e. The van der Waals surface area contributed by atoms with Crippen molar-refractivity contribution in [3.05, 3.63) is 0 Å². The highest BCUT2D eigenvalue weighted by molar-refractivity contribution is 4.72. The van der Waals surface area contributed by atoms with Crippen molar-refractivity contribution in [1.82, 2.24) is 19.6 Å². The van der Waals surface area contributed by atoms with Crippen LogP contribution in [0.15, 0.2) is 0 Å². The second-order valence-electron chi connectivity index (χ2n) is 11.9. The van der Waals surface area contributed by atoms with Gasteiger partial charge in [-0.15, -0.1) is 0 Å². The first-order valence-electron chi connectivity index (χ1n) is 16.4. The monoisotopic (exact) mass is 525 g/mol. The van der Waals surface area contributed by atoms with Gasteiger partial charge in [0.1, 0.15) is 0 Å². The zero-order valence-corrected chi connectivity index (χ0v) is 26.5. The fourth-order valence-corrected chi connectivity index (χ4v) is 5.69. The second-order valence-corrected chi connectivity index (χ2v) is 11.9. The number of ether oxygens (including phenoxy) is 1. The van der Waals surface area contributed by atoms with E-state index in [0.29, 0.717) is 0 Å². The Balaban J connectivity index is 0.000000278. The van der Waals surface area contributed by atoms with Gasteiger partial charge in [-0.3, -0.25) is 4.90 Å². The molecule has 5 nitrogen and oxygen atoms in total. The van der Waals surface area contributed by atoms with Crippen LogP contribution in [-0.2, 0) is 4.74 Å². The summed E-state index contributed by atoms with van der Waals surface area (Å²) >= 11 is 0. The molecule has 0 aromatic heterocycles. The van der Waals surface area contributed by atoms with E-state index in [-0.39, 0.29) is 0 Å². The third kappa shape index (κ3) is 16.5. The molecule has 3 aliphatic heterocycles. The lowest BCUT2D eigenvalue weighted by Gasteiger charge is -2.34. The predicted molar refractivity (Wildman–Crippen MR) is 164 cm³/mol. The van der Waals surface area contributed by atoms with Crippen LogP contribution in [0.25, 0.3) is 0 Å². The third-order valence-corrected chi connectivity index (χ3v) is 9.16. The van der Waals surface area contributed by atoms with Crippen LogP contribution in [0, 0.1) is 17.8 Å². The van der Waals surface area contributed by atoms with Gasteiger partial charge >= 0.3 is 0 Å². The average molecular weight is 525 g/mol. The zero-order valence-electron chi connectivity index (χ0n) is 26.5. The summed E-state index contributed by atoms with van der Waals surface area (Å²) in [7, 11) is 2.22. The molecule has 3 heterocycles. The summed E-state index contributed by atoms with van der Waals surface area (Å²) in [6.45, 7) is 29.7. The van der Waals surface area contributed by atoms with Crippen molar-refractivity contribution in [3.8, 4) is 0 Å². The maximum atomic E-state index is 5.31. The van der Waals surface area contributed by atoms with E-state index in [4.69, 9.17) is 4.74 Å². The SMILES string of the molecule is CCC(CC)CN1CCCCC1.CCC(CC)CN1CCN(C)CC1.CCC(CC)CN1CCOCC1. The van der Waals surface area contributed by atoms with Gasteiger partial charge in [0.25, 0.3) is 0 Å². The number of rotatable bonds is 12. The summed E-state index contributed by atoms with van der Waals surface area (Å²) in [5, 5.41) is 0. The van der Waals surface area contributed by atoms with Gasteiger partial charge in [0.2, 0.25) is 0 Å². The average Bonchev–Trinajstić information content (AvgIpc) is 2.96. The third-order valence-electron chi connectivity index (χ3n) is 9.16. The first kappa shape index (κ1) is 34.8. The molecule has 0 spiro atoms. The van der Waals surface area contributed by atoms with Crippen molar-refractivity contribution in [3.63, 3.8) is 0 Å². The Kier molecular flexibility index (Phi) is 21.3. The Morgan fingerprint density at radius 3 is 1.19 bits per heavy atom. The Labute approximate surface area is 233 Å². The Bertz CT molecular complexity index is 445. The van der Waals surface area contributed by atoms with Gasteiger partial charge < -0.3 is 19.4 Å². The maximum absolute atomic E-state index is 5.31. The van der Waals surface area contributed by atoms with Crippen molar-refractivity contribution < 1.29 is 4.74 Å². The topological polar surface area (TPSA) is 22.2 Å². The van der Waals surface area contributed by atoms with Crippen LogP contribution in [-0.4, -0.2) is 112 Å². The highest BCUT2D eigenvalue weighted by atomic mass is 16.5. The number of likely N-dealkylation sites (tertiary alicyclic amines) is 1. The molecular formula is C32H68N4O. The van der Waals surface area contributed by atoms with Crippen molar-refractivity contribution in [1.29, 1.82) is 0 Å². The molecule has 0 N–H and O–H groups in total. The summed E-state index contributed by atoms with van der Waals surface area (Å²) in [6.07, 6.45) is 12.3. The second kappa shape index (κ2) is 22.6. The minimum absolute atomic E-state index is 0.892. The highest BCUT2D eigenvalue weighted by Crippen LogP contribution is 2.15. The van der Waals surface area contributed by atoms with E-state index in [0.717, 1.165) is 44.1 Å². The van der Waals surface area contributed by atoms with Crippen molar-refractivity contribution in [2.75, 3.05) is 92.3 Å². The number of likely N-dealkylation sites (N-methyl/N-ethyl adjacent to an activating group) is 1. The first-order valence-corrected chi connectivity index (χ1v) is 16.4. The number of piperazine rings is 1. The lowest BCUT2D eigenvalue weighted by molar-refractivity contribution is 0.0301. The lowest BCUT2D eigenvalue weighted by atomic mass is 10.0. The summed E-state index contributed by atoms with van der Waals surface area (Å²) in [5.41, 5.74) is 0. The highest BCUT2D eigenvalue weighted by Gasteiger charge is 2.17. The van der Waals surface area contributed by atoms with Crippen LogP contribution in [0.5, 0.6) is 0 Å². The largest absolute Gasteiger partial charge is 0.379 e. The molecule has 0 unspecified atom stereocenters. The van der Waals surface area contributed by atoms with E-state index in [2.05, 4.69) is 68.2 Å². The van der Waals surface area contributed by atoms with Gasteiger partial charge in [-0.25, -0.2) is 0 Å². The van der Waals surface area contributed by atoms with Gasteiger partial charge in [0.15, 0.2) is 0 Å². The fraction of sp³-hybridized carbons (Fsp3) is 1.00. The van der Waals surface area contributed by atoms with Crippen molar-refractivity contribution in [2.24, 2.45) is 17.8 Å². The normalized spacial score (nSPS) is 20.6. The van der Waals surface area contributed by atoms with E-state index in [9.17, 15) is 0 Å². The molecule has 3 saturated heterocycles. The van der Waals surface area contributed by atoms with Gasteiger partial charge in [0, 0.05) is 58.9 Å². The summed E-state index contributed by atoms with van der Waals surface area (Å²) < 4.78 is 5.31. The number of nitrogens with zero attached hydrogens (tertiary/aromatic N) is 4. The van der Waals surface area contributed by atoms with Gasteiger partial charge in [-0.2, -0.15) is 0 Å². The molecule has 0 bridgehead atoms. The lowest BCUT2D eigenvalue weighted by Crippen LogP contribution is -2.45. The Morgan fingerprint density at radius 1 is 0.459 bits per heavy atom. The molecule has 0 aliphatic carbocycles. The molecular weight excluding hydrogens is 456 g/mol. The molecule has 5 heteroatoms. The van der Waals surface area contributed by atoms with Crippen molar-refractivity contribution in [2.45, 2.75) is 99.3 Å². The first-order chi connectivity index (χ1) is 18.0. The van der Waals surface area contributed by atoms with Gasteiger partial charge in [-0.1, -0.05) is 86.5 Å². The molecule has 3 aliphatic rings. The van der Waals surface area contributed by atoms with Crippen LogP contribution in [0.3, 0.4) is 0 Å². The van der Waals surface area contributed by atoms with Crippen LogP contribution in [0.1, 0.15) is 99.3 Å². The number of piperidine rings is 1. The molecule has 3 rings (SSSR count). The van der Waals surface area contributed by atoms with Crippen LogP contribution in [0.4, 0.5) is 0 Å². The molecule has 0 aromatic carbocycles. The standard InChI is InChI=1S/C11H24N2.C11H23N.C10H21NO/c1-4-11(5-2)10-13-8-6-12(3)7-9-13;1-3-11(4-2)10-12-8-6-5-7-9-12;1-3-10(4-2)9-11-5-7-12-8-6-11/h11H,4-10H2,1-3H3;11H,3-10H2,1-2H3;10H,3-9H2,1-2H3. The molecule has 0 radical (unpaired) electrons. The van der Waals surface area contributed by atoms with Gasteiger partial charge in [-0.05, 0) is 50.7 Å². The molecule has 0 saturated carbocycles.